The quantitative estimate of drug-likeness (QED) is 0.601. The molecule has 0 spiro atoms. The lowest BCUT2D eigenvalue weighted by Crippen LogP contribution is -2.32. The van der Waals surface area contributed by atoms with Gasteiger partial charge in [0.25, 0.3) is 0 Å². The number of carbonyl (C=O) groups is 1. The van der Waals surface area contributed by atoms with Crippen molar-refractivity contribution in [3.05, 3.63) is 0 Å². The first-order valence-electron chi connectivity index (χ1n) is 4.08. The van der Waals surface area contributed by atoms with E-state index in [9.17, 15) is 4.79 Å². The van der Waals surface area contributed by atoms with Gasteiger partial charge in [-0.1, -0.05) is 13.3 Å². The molecule has 3 nitrogen and oxygen atoms in total. The Labute approximate surface area is 68.8 Å². The second-order valence-corrected chi connectivity index (χ2v) is 2.94. The number of carbonyl (C=O) groups excluding carboxylic acids is 1. The molecule has 66 valence electrons. The zero-order valence-corrected chi connectivity index (χ0v) is 7.68. The summed E-state index contributed by atoms with van der Waals surface area (Å²) in [4.78, 5) is 12.9. The molecule has 0 atom stereocenters. The topological polar surface area (TPSA) is 32.3 Å². The van der Waals surface area contributed by atoms with E-state index < -0.39 is 0 Å². The summed E-state index contributed by atoms with van der Waals surface area (Å²) in [5, 5.41) is 2.80. The van der Waals surface area contributed by atoms with Crippen molar-refractivity contribution in [2.24, 2.45) is 0 Å². The van der Waals surface area contributed by atoms with E-state index in [1.165, 1.54) is 0 Å². The van der Waals surface area contributed by atoms with Gasteiger partial charge in [0.05, 0.1) is 6.67 Å². The fourth-order valence-electron chi connectivity index (χ4n) is 0.672. The summed E-state index contributed by atoms with van der Waals surface area (Å²) < 4.78 is 0. The van der Waals surface area contributed by atoms with Crippen molar-refractivity contribution in [3.63, 3.8) is 0 Å². The second-order valence-electron chi connectivity index (χ2n) is 2.94. The van der Waals surface area contributed by atoms with Gasteiger partial charge < -0.3 is 5.32 Å². The number of rotatable bonds is 5. The van der Waals surface area contributed by atoms with Crippen molar-refractivity contribution >= 4 is 5.91 Å². The van der Waals surface area contributed by atoms with E-state index in [-0.39, 0.29) is 5.91 Å². The summed E-state index contributed by atoms with van der Waals surface area (Å²) in [6.45, 7) is 2.72. The molecule has 0 aliphatic heterocycles. The number of hydrogen-bond acceptors (Lipinski definition) is 2. The number of amides is 1. The zero-order chi connectivity index (χ0) is 8.69. The van der Waals surface area contributed by atoms with Crippen LogP contribution in [0.4, 0.5) is 0 Å². The van der Waals surface area contributed by atoms with Crippen LogP contribution in [0.2, 0.25) is 0 Å². The molecule has 3 heteroatoms. The molecule has 0 aromatic rings. The predicted molar refractivity (Wildman–Crippen MR) is 46.2 cm³/mol. The lowest BCUT2D eigenvalue weighted by molar-refractivity contribution is -0.121. The summed E-state index contributed by atoms with van der Waals surface area (Å²) in [5.41, 5.74) is 0. The maximum absolute atomic E-state index is 11.0. The average Bonchev–Trinajstić information content (AvgIpc) is 1.97. The van der Waals surface area contributed by atoms with Crippen LogP contribution >= 0.6 is 0 Å². The molecular weight excluding hydrogens is 140 g/mol. The molecule has 0 bridgehead atoms. The van der Waals surface area contributed by atoms with E-state index in [1.807, 2.05) is 19.0 Å². The van der Waals surface area contributed by atoms with Crippen molar-refractivity contribution in [2.45, 2.75) is 26.2 Å². The SMILES string of the molecule is CCCCC(=O)NCN(C)C. The molecule has 11 heavy (non-hydrogen) atoms. The van der Waals surface area contributed by atoms with Crippen LogP contribution in [0, 0.1) is 0 Å². The monoisotopic (exact) mass is 158 g/mol. The van der Waals surface area contributed by atoms with E-state index in [0.717, 1.165) is 12.8 Å². The van der Waals surface area contributed by atoms with E-state index in [1.54, 1.807) is 0 Å². The van der Waals surface area contributed by atoms with Crippen LogP contribution < -0.4 is 5.32 Å². The third-order valence-corrected chi connectivity index (χ3v) is 1.35. The third-order valence-electron chi connectivity index (χ3n) is 1.35. The van der Waals surface area contributed by atoms with Crippen LogP contribution in [-0.2, 0) is 4.79 Å². The van der Waals surface area contributed by atoms with E-state index in [2.05, 4.69) is 12.2 Å². The molecule has 0 rings (SSSR count). The van der Waals surface area contributed by atoms with Crippen molar-refractivity contribution in [2.75, 3.05) is 20.8 Å². The smallest absolute Gasteiger partial charge is 0.220 e. The van der Waals surface area contributed by atoms with Crippen LogP contribution in [0.5, 0.6) is 0 Å². The molecule has 0 radical (unpaired) electrons. The molecule has 0 saturated heterocycles. The average molecular weight is 158 g/mol. The minimum absolute atomic E-state index is 0.153. The molecule has 1 amide bonds. The van der Waals surface area contributed by atoms with Crippen molar-refractivity contribution < 1.29 is 4.79 Å². The van der Waals surface area contributed by atoms with Crippen LogP contribution in [0.1, 0.15) is 26.2 Å². The van der Waals surface area contributed by atoms with E-state index in [4.69, 9.17) is 0 Å². The highest BCUT2D eigenvalue weighted by Gasteiger charge is 1.98. The Bertz CT molecular complexity index is 113. The van der Waals surface area contributed by atoms with Gasteiger partial charge in [-0.05, 0) is 20.5 Å². The second kappa shape index (κ2) is 6.16. The van der Waals surface area contributed by atoms with Crippen molar-refractivity contribution in [1.29, 1.82) is 0 Å². The first kappa shape index (κ1) is 10.4. The highest BCUT2D eigenvalue weighted by Crippen LogP contribution is 1.92. The van der Waals surface area contributed by atoms with Gasteiger partial charge >= 0.3 is 0 Å². The normalized spacial score (nSPS) is 10.2. The summed E-state index contributed by atoms with van der Waals surface area (Å²) in [6, 6.07) is 0. The Morgan fingerprint density at radius 1 is 1.45 bits per heavy atom. The maximum atomic E-state index is 11.0. The molecule has 0 fully saturated rings. The van der Waals surface area contributed by atoms with Gasteiger partial charge in [-0.15, -0.1) is 0 Å². The fourth-order valence-corrected chi connectivity index (χ4v) is 0.672. The van der Waals surface area contributed by atoms with Crippen molar-refractivity contribution in [3.8, 4) is 0 Å². The Kier molecular flexibility index (Phi) is 5.84. The largest absolute Gasteiger partial charge is 0.343 e. The molecule has 1 N–H and O–H groups in total. The number of hydrogen-bond donors (Lipinski definition) is 1. The van der Waals surface area contributed by atoms with Gasteiger partial charge in [0.2, 0.25) is 5.91 Å². The molecule has 0 aromatic carbocycles. The predicted octanol–water partition coefficient (Wildman–Crippen LogP) is 0.812. The molecule has 0 aromatic heterocycles. The summed E-state index contributed by atoms with van der Waals surface area (Å²) in [5.74, 6) is 0.153. The molecular formula is C8H18N2O. The highest BCUT2D eigenvalue weighted by atomic mass is 16.1. The summed E-state index contributed by atoms with van der Waals surface area (Å²) >= 11 is 0. The van der Waals surface area contributed by atoms with E-state index >= 15 is 0 Å². The Morgan fingerprint density at radius 2 is 2.09 bits per heavy atom. The molecule has 0 saturated carbocycles. The van der Waals surface area contributed by atoms with Crippen LogP contribution in [0.25, 0.3) is 0 Å². The summed E-state index contributed by atoms with van der Waals surface area (Å²) in [6.07, 6.45) is 2.72. The lowest BCUT2D eigenvalue weighted by atomic mass is 10.2. The zero-order valence-electron chi connectivity index (χ0n) is 7.68. The molecule has 0 aliphatic carbocycles. The van der Waals surface area contributed by atoms with Gasteiger partial charge in [-0.2, -0.15) is 0 Å². The molecule has 0 unspecified atom stereocenters. The molecule has 0 aliphatic rings. The minimum atomic E-state index is 0.153. The Balaban J connectivity index is 3.23. The number of nitrogens with one attached hydrogen (secondary N) is 1. The maximum Gasteiger partial charge on any atom is 0.220 e. The fraction of sp³-hybridized carbons (Fsp3) is 0.875. The number of unbranched alkanes of at least 4 members (excludes halogenated alkanes) is 1. The first-order chi connectivity index (χ1) is 5.16. The van der Waals surface area contributed by atoms with Crippen LogP contribution in [0.3, 0.4) is 0 Å². The van der Waals surface area contributed by atoms with Gasteiger partial charge in [-0.25, -0.2) is 0 Å². The highest BCUT2D eigenvalue weighted by molar-refractivity contribution is 5.75. The van der Waals surface area contributed by atoms with Gasteiger partial charge in [0.1, 0.15) is 0 Å². The van der Waals surface area contributed by atoms with Gasteiger partial charge in [-0.3, -0.25) is 9.69 Å². The lowest BCUT2D eigenvalue weighted by Gasteiger charge is -2.10. The minimum Gasteiger partial charge on any atom is -0.343 e. The van der Waals surface area contributed by atoms with E-state index in [0.29, 0.717) is 13.1 Å². The van der Waals surface area contributed by atoms with Gasteiger partial charge in [0.15, 0.2) is 0 Å². The Morgan fingerprint density at radius 3 is 2.55 bits per heavy atom. The Hall–Kier alpha value is -0.570. The molecule has 0 heterocycles. The first-order valence-corrected chi connectivity index (χ1v) is 4.08. The van der Waals surface area contributed by atoms with Crippen LogP contribution in [0.15, 0.2) is 0 Å². The standard InChI is InChI=1S/C8H18N2O/c1-4-5-6-8(11)9-7-10(2)3/h4-7H2,1-3H3,(H,9,11). The van der Waals surface area contributed by atoms with Gasteiger partial charge in [0, 0.05) is 6.42 Å². The number of nitrogens with zero attached hydrogens (tertiary/aromatic N) is 1. The third kappa shape index (κ3) is 7.33. The van der Waals surface area contributed by atoms with Crippen LogP contribution in [-0.4, -0.2) is 31.6 Å². The summed E-state index contributed by atoms with van der Waals surface area (Å²) in [7, 11) is 3.86. The van der Waals surface area contributed by atoms with Crippen molar-refractivity contribution in [1.82, 2.24) is 10.2 Å².